The lowest BCUT2D eigenvalue weighted by molar-refractivity contribution is 0.274. The number of rotatable bonds is 5. The SMILES string of the molecule is N#CCCN(C[B-](F)(F)F)C1CC1. The number of halogens is 3. The van der Waals surface area contributed by atoms with Crippen LogP contribution >= 0.6 is 0 Å². The molecule has 0 spiro atoms. The van der Waals surface area contributed by atoms with E-state index in [1.54, 1.807) is 0 Å². The summed E-state index contributed by atoms with van der Waals surface area (Å²) in [7, 11) is 0. The van der Waals surface area contributed by atoms with Crippen molar-refractivity contribution in [2.24, 2.45) is 0 Å². The molecule has 74 valence electrons. The molecular formula is C7H11BF3N2-. The first-order valence-corrected chi connectivity index (χ1v) is 4.35. The van der Waals surface area contributed by atoms with Crippen molar-refractivity contribution in [3.63, 3.8) is 0 Å². The third-order valence-corrected chi connectivity index (χ3v) is 2.02. The molecule has 1 saturated carbocycles. The number of nitriles is 1. The molecule has 13 heavy (non-hydrogen) atoms. The maximum atomic E-state index is 12.1. The average molecular weight is 191 g/mol. The molecule has 2 nitrogen and oxygen atoms in total. The van der Waals surface area contributed by atoms with Crippen LogP contribution in [0.4, 0.5) is 12.9 Å². The summed E-state index contributed by atoms with van der Waals surface area (Å²) < 4.78 is 36.2. The first kappa shape index (κ1) is 10.4. The van der Waals surface area contributed by atoms with E-state index in [0.717, 1.165) is 12.8 Å². The van der Waals surface area contributed by atoms with Crippen molar-refractivity contribution >= 4 is 6.98 Å². The fourth-order valence-electron chi connectivity index (χ4n) is 1.32. The molecule has 6 heteroatoms. The second-order valence-corrected chi connectivity index (χ2v) is 3.34. The fraction of sp³-hybridized carbons (Fsp3) is 0.857. The lowest BCUT2D eigenvalue weighted by Crippen LogP contribution is -2.39. The minimum Gasteiger partial charge on any atom is -0.448 e. The Morgan fingerprint density at radius 1 is 1.38 bits per heavy atom. The van der Waals surface area contributed by atoms with Crippen LogP contribution in [0.2, 0.25) is 0 Å². The molecule has 0 radical (unpaired) electrons. The summed E-state index contributed by atoms with van der Waals surface area (Å²) >= 11 is 0. The largest absolute Gasteiger partial charge is 0.492 e. The predicted molar refractivity (Wildman–Crippen MR) is 43.9 cm³/mol. The lowest BCUT2D eigenvalue weighted by Gasteiger charge is -2.26. The molecular weight excluding hydrogens is 180 g/mol. The molecule has 0 aromatic rings. The summed E-state index contributed by atoms with van der Waals surface area (Å²) in [5.74, 6) is 0. The monoisotopic (exact) mass is 191 g/mol. The number of nitrogens with zero attached hydrogens (tertiary/aromatic N) is 2. The van der Waals surface area contributed by atoms with Gasteiger partial charge in [-0.1, -0.05) is 0 Å². The summed E-state index contributed by atoms with van der Waals surface area (Å²) in [6, 6.07) is 1.94. The summed E-state index contributed by atoms with van der Waals surface area (Å²) in [6.07, 6.45) is 1.06. The van der Waals surface area contributed by atoms with E-state index in [0.29, 0.717) is 0 Å². The third kappa shape index (κ3) is 4.18. The molecule has 0 aromatic carbocycles. The zero-order valence-corrected chi connectivity index (χ0v) is 7.22. The van der Waals surface area contributed by atoms with E-state index in [-0.39, 0.29) is 19.0 Å². The van der Waals surface area contributed by atoms with Gasteiger partial charge in [0.25, 0.3) is 0 Å². The van der Waals surface area contributed by atoms with Gasteiger partial charge in [-0.3, -0.25) is 0 Å². The van der Waals surface area contributed by atoms with Crippen molar-refractivity contribution in [3.05, 3.63) is 0 Å². The normalized spacial score (nSPS) is 17.5. The summed E-state index contributed by atoms with van der Waals surface area (Å²) in [5.41, 5.74) is 0. The van der Waals surface area contributed by atoms with Crippen molar-refractivity contribution < 1.29 is 12.9 Å². The minimum absolute atomic E-state index is 0.0804. The minimum atomic E-state index is -4.74. The Morgan fingerprint density at radius 2 is 2.00 bits per heavy atom. The van der Waals surface area contributed by atoms with Crippen LogP contribution in [0.1, 0.15) is 19.3 Å². The Hall–Kier alpha value is -0.695. The molecule has 0 heterocycles. The van der Waals surface area contributed by atoms with Crippen LogP contribution in [-0.2, 0) is 0 Å². The number of hydrogen-bond donors (Lipinski definition) is 0. The highest BCUT2D eigenvalue weighted by molar-refractivity contribution is 6.58. The third-order valence-electron chi connectivity index (χ3n) is 2.02. The van der Waals surface area contributed by atoms with Gasteiger partial charge in [-0.2, -0.15) is 5.26 Å². The van der Waals surface area contributed by atoms with Crippen LogP contribution in [0.5, 0.6) is 0 Å². The molecule has 0 unspecified atom stereocenters. The summed E-state index contributed by atoms with van der Waals surface area (Å²) in [5, 5.41) is 8.26. The maximum Gasteiger partial charge on any atom is 0.492 e. The van der Waals surface area contributed by atoms with Crippen LogP contribution < -0.4 is 0 Å². The van der Waals surface area contributed by atoms with Gasteiger partial charge in [-0.15, -0.1) is 0 Å². The lowest BCUT2D eigenvalue weighted by atomic mass is 9.91. The first-order valence-electron chi connectivity index (χ1n) is 4.35. The Balaban J connectivity index is 2.34. The van der Waals surface area contributed by atoms with Crippen LogP contribution in [0, 0.1) is 11.3 Å². The van der Waals surface area contributed by atoms with Crippen LogP contribution in [-0.4, -0.2) is 30.9 Å². The van der Waals surface area contributed by atoms with E-state index < -0.39 is 13.4 Å². The maximum absolute atomic E-state index is 12.1. The molecule has 1 aliphatic carbocycles. The van der Waals surface area contributed by atoms with E-state index in [1.807, 2.05) is 6.07 Å². The standard InChI is InChI=1S/C7H11BF3N2/c9-8(10,11)6-13(5-1-4-12)7-2-3-7/h7H,1-3,5-6H2/q-1. The zero-order valence-electron chi connectivity index (χ0n) is 7.22. The van der Waals surface area contributed by atoms with Gasteiger partial charge in [-0.05, 0) is 19.3 Å². The van der Waals surface area contributed by atoms with Crippen molar-refractivity contribution in [3.8, 4) is 6.07 Å². The van der Waals surface area contributed by atoms with E-state index in [1.165, 1.54) is 4.90 Å². The topological polar surface area (TPSA) is 27.0 Å². The molecule has 0 bridgehead atoms. The smallest absolute Gasteiger partial charge is 0.448 e. The first-order chi connectivity index (χ1) is 6.03. The van der Waals surface area contributed by atoms with Gasteiger partial charge in [0, 0.05) is 19.0 Å². The van der Waals surface area contributed by atoms with Crippen molar-refractivity contribution in [1.82, 2.24) is 4.90 Å². The Bertz CT molecular complexity index is 207. The summed E-state index contributed by atoms with van der Waals surface area (Å²) in [4.78, 5) is 1.38. The van der Waals surface area contributed by atoms with Gasteiger partial charge in [-0.25, -0.2) is 0 Å². The Morgan fingerprint density at radius 3 is 2.38 bits per heavy atom. The molecule has 1 fully saturated rings. The average Bonchev–Trinajstić information content (AvgIpc) is 2.77. The quantitative estimate of drug-likeness (QED) is 0.619. The van der Waals surface area contributed by atoms with Crippen molar-refractivity contribution in [2.45, 2.75) is 25.3 Å². The second kappa shape index (κ2) is 4.01. The van der Waals surface area contributed by atoms with Crippen LogP contribution in [0.3, 0.4) is 0 Å². The number of hydrogen-bond acceptors (Lipinski definition) is 2. The molecule has 0 aromatic heterocycles. The molecule has 0 aliphatic heterocycles. The van der Waals surface area contributed by atoms with E-state index in [9.17, 15) is 12.9 Å². The van der Waals surface area contributed by atoms with Gasteiger partial charge in [0.05, 0.1) is 6.07 Å². The highest BCUT2D eigenvalue weighted by atomic mass is 19.4. The van der Waals surface area contributed by atoms with Gasteiger partial charge in [0.1, 0.15) is 0 Å². The molecule has 1 aliphatic rings. The predicted octanol–water partition coefficient (Wildman–Crippen LogP) is 1.75. The van der Waals surface area contributed by atoms with E-state index >= 15 is 0 Å². The van der Waals surface area contributed by atoms with E-state index in [2.05, 4.69) is 0 Å². The van der Waals surface area contributed by atoms with Gasteiger partial charge in [0.2, 0.25) is 0 Å². The molecule has 0 saturated heterocycles. The van der Waals surface area contributed by atoms with Crippen molar-refractivity contribution in [2.75, 3.05) is 13.0 Å². The Labute approximate surface area is 75.4 Å². The summed E-state index contributed by atoms with van der Waals surface area (Å²) in [6.45, 7) is -4.49. The molecule has 0 N–H and O–H groups in total. The molecule has 0 atom stereocenters. The van der Waals surface area contributed by atoms with Gasteiger partial charge in [0.15, 0.2) is 0 Å². The molecule has 0 amide bonds. The van der Waals surface area contributed by atoms with Crippen LogP contribution in [0.15, 0.2) is 0 Å². The Kier molecular flexibility index (Phi) is 3.20. The van der Waals surface area contributed by atoms with Gasteiger partial charge < -0.3 is 17.8 Å². The second-order valence-electron chi connectivity index (χ2n) is 3.34. The van der Waals surface area contributed by atoms with Gasteiger partial charge >= 0.3 is 6.98 Å². The van der Waals surface area contributed by atoms with E-state index in [4.69, 9.17) is 5.26 Å². The van der Waals surface area contributed by atoms with Crippen molar-refractivity contribution in [1.29, 1.82) is 5.26 Å². The highest BCUT2D eigenvalue weighted by Gasteiger charge is 2.34. The molecule has 1 rings (SSSR count). The zero-order chi connectivity index (χ0) is 9.90. The highest BCUT2D eigenvalue weighted by Crippen LogP contribution is 2.28. The van der Waals surface area contributed by atoms with Crippen LogP contribution in [0.25, 0.3) is 0 Å². The fourth-order valence-corrected chi connectivity index (χ4v) is 1.32.